The van der Waals surface area contributed by atoms with Gasteiger partial charge in [0.25, 0.3) is 5.91 Å². The molecule has 0 spiro atoms. The molecule has 0 atom stereocenters. The molecule has 27 heavy (non-hydrogen) atoms. The zero-order valence-electron chi connectivity index (χ0n) is 15.9. The van der Waals surface area contributed by atoms with Crippen LogP contribution in [0.5, 0.6) is 0 Å². The van der Waals surface area contributed by atoms with Crippen LogP contribution >= 0.6 is 0 Å². The van der Waals surface area contributed by atoms with Crippen LogP contribution < -0.4 is 15.8 Å². The fourth-order valence-electron chi connectivity index (χ4n) is 2.48. The minimum atomic E-state index is -0.411. The number of Topliss-reactive ketones (excluding diaryl/α,β-unsaturated/α-hetero) is 1. The maximum atomic E-state index is 12.1. The summed E-state index contributed by atoms with van der Waals surface area (Å²) in [6, 6.07) is 14.4. The lowest BCUT2D eigenvalue weighted by atomic mass is 10.0. The third-order valence-electron chi connectivity index (χ3n) is 4.20. The smallest absolute Gasteiger partial charge is 0.269 e. The second-order valence-electron chi connectivity index (χ2n) is 6.42. The highest BCUT2D eigenvalue weighted by molar-refractivity contribution is 5.99. The van der Waals surface area contributed by atoms with Crippen LogP contribution in [-0.2, 0) is 11.2 Å². The van der Waals surface area contributed by atoms with Gasteiger partial charge in [0.15, 0.2) is 5.78 Å². The van der Waals surface area contributed by atoms with E-state index in [0.29, 0.717) is 11.1 Å². The SMILES string of the molecule is CCc1ccc(C(=O)CCC(=O)NNC(=O)c2cccc(N(C)C)c2)cc1. The average molecular weight is 367 g/mol. The lowest BCUT2D eigenvalue weighted by Crippen LogP contribution is -2.41. The van der Waals surface area contributed by atoms with Crippen molar-refractivity contribution in [3.8, 4) is 0 Å². The number of anilines is 1. The van der Waals surface area contributed by atoms with Crippen molar-refractivity contribution >= 4 is 23.3 Å². The van der Waals surface area contributed by atoms with E-state index in [-0.39, 0.29) is 18.6 Å². The van der Waals surface area contributed by atoms with Gasteiger partial charge in [-0.1, -0.05) is 37.3 Å². The predicted molar refractivity (Wildman–Crippen MR) is 106 cm³/mol. The summed E-state index contributed by atoms with van der Waals surface area (Å²) < 4.78 is 0. The standard InChI is InChI=1S/C21H25N3O3/c1-4-15-8-10-16(11-9-15)19(25)12-13-20(26)22-23-21(27)17-6-5-7-18(14-17)24(2)3/h5-11,14H,4,12-13H2,1-3H3,(H,22,26)(H,23,27). The number of rotatable bonds is 7. The van der Waals surface area contributed by atoms with Crippen molar-refractivity contribution < 1.29 is 14.4 Å². The highest BCUT2D eigenvalue weighted by Crippen LogP contribution is 2.13. The van der Waals surface area contributed by atoms with Crippen molar-refractivity contribution in [3.05, 3.63) is 65.2 Å². The van der Waals surface area contributed by atoms with Crippen LogP contribution in [0.2, 0.25) is 0 Å². The quantitative estimate of drug-likeness (QED) is 0.583. The van der Waals surface area contributed by atoms with Crippen molar-refractivity contribution in [2.75, 3.05) is 19.0 Å². The van der Waals surface area contributed by atoms with E-state index in [1.807, 2.05) is 44.1 Å². The minimum absolute atomic E-state index is 0.00633. The van der Waals surface area contributed by atoms with Gasteiger partial charge in [0.2, 0.25) is 5.91 Å². The van der Waals surface area contributed by atoms with Gasteiger partial charge in [-0.05, 0) is 30.2 Å². The normalized spacial score (nSPS) is 10.2. The Bertz CT molecular complexity index is 814. The molecule has 0 aliphatic heterocycles. The van der Waals surface area contributed by atoms with Crippen molar-refractivity contribution in [1.29, 1.82) is 0 Å². The van der Waals surface area contributed by atoms with Crippen molar-refractivity contribution in [2.24, 2.45) is 0 Å². The number of hydrazine groups is 1. The fraction of sp³-hybridized carbons (Fsp3) is 0.286. The van der Waals surface area contributed by atoms with Gasteiger partial charge in [-0.2, -0.15) is 0 Å². The van der Waals surface area contributed by atoms with E-state index in [9.17, 15) is 14.4 Å². The number of amides is 2. The summed E-state index contributed by atoms with van der Waals surface area (Å²) in [6.07, 6.45) is 1.00. The van der Waals surface area contributed by atoms with Crippen LogP contribution in [0.15, 0.2) is 48.5 Å². The first-order valence-electron chi connectivity index (χ1n) is 8.89. The number of ketones is 1. The molecule has 6 nitrogen and oxygen atoms in total. The van der Waals surface area contributed by atoms with Gasteiger partial charge < -0.3 is 4.90 Å². The second-order valence-corrected chi connectivity index (χ2v) is 6.42. The van der Waals surface area contributed by atoms with Crippen LogP contribution in [0.3, 0.4) is 0 Å². The van der Waals surface area contributed by atoms with Gasteiger partial charge in [0, 0.05) is 43.8 Å². The Hall–Kier alpha value is -3.15. The predicted octanol–water partition coefficient (Wildman–Crippen LogP) is 2.74. The molecule has 2 aromatic rings. The minimum Gasteiger partial charge on any atom is -0.378 e. The van der Waals surface area contributed by atoms with Crippen LogP contribution in [0, 0.1) is 0 Å². The molecule has 0 fully saturated rings. The van der Waals surface area contributed by atoms with Crippen molar-refractivity contribution in [1.82, 2.24) is 10.9 Å². The molecule has 0 bridgehead atoms. The number of nitrogens with one attached hydrogen (secondary N) is 2. The van der Waals surface area contributed by atoms with Crippen LogP contribution in [0.1, 0.15) is 46.0 Å². The Morgan fingerprint density at radius 2 is 1.59 bits per heavy atom. The number of nitrogens with zero attached hydrogens (tertiary/aromatic N) is 1. The summed E-state index contributed by atoms with van der Waals surface area (Å²) in [6.45, 7) is 2.05. The second kappa shape index (κ2) is 9.52. The maximum absolute atomic E-state index is 12.1. The average Bonchev–Trinajstić information content (AvgIpc) is 2.70. The molecule has 0 saturated carbocycles. The Balaban J connectivity index is 1.80. The van der Waals surface area contributed by atoms with Crippen LogP contribution in [0.25, 0.3) is 0 Å². The van der Waals surface area contributed by atoms with E-state index in [1.54, 1.807) is 30.3 Å². The van der Waals surface area contributed by atoms with E-state index in [4.69, 9.17) is 0 Å². The molecule has 2 N–H and O–H groups in total. The van der Waals surface area contributed by atoms with Gasteiger partial charge in [-0.25, -0.2) is 0 Å². The number of benzene rings is 2. The zero-order chi connectivity index (χ0) is 19.8. The van der Waals surface area contributed by atoms with Crippen LogP contribution in [0.4, 0.5) is 5.69 Å². The third-order valence-corrected chi connectivity index (χ3v) is 4.20. The molecule has 2 rings (SSSR count). The molecule has 0 radical (unpaired) electrons. The van der Waals surface area contributed by atoms with Crippen LogP contribution in [-0.4, -0.2) is 31.7 Å². The molecule has 0 saturated heterocycles. The summed E-state index contributed by atoms with van der Waals surface area (Å²) in [4.78, 5) is 38.1. The van der Waals surface area contributed by atoms with E-state index in [0.717, 1.165) is 17.7 Å². The molecular weight excluding hydrogens is 342 g/mol. The highest BCUT2D eigenvalue weighted by Gasteiger charge is 2.11. The summed E-state index contributed by atoms with van der Waals surface area (Å²) >= 11 is 0. The molecular formula is C21H25N3O3. The first-order valence-corrected chi connectivity index (χ1v) is 8.89. The fourth-order valence-corrected chi connectivity index (χ4v) is 2.48. The molecule has 6 heteroatoms. The van der Waals surface area contributed by atoms with E-state index in [1.165, 1.54) is 0 Å². The van der Waals surface area contributed by atoms with E-state index in [2.05, 4.69) is 10.9 Å². The Kier molecular flexibility index (Phi) is 7.11. The first-order chi connectivity index (χ1) is 12.9. The Morgan fingerprint density at radius 1 is 0.889 bits per heavy atom. The molecule has 0 aliphatic carbocycles. The number of hydrogen-bond acceptors (Lipinski definition) is 4. The topological polar surface area (TPSA) is 78.5 Å². The molecule has 0 heterocycles. The van der Waals surface area contributed by atoms with E-state index >= 15 is 0 Å². The third kappa shape index (κ3) is 5.95. The molecule has 0 aromatic heterocycles. The lowest BCUT2D eigenvalue weighted by Gasteiger charge is -2.13. The highest BCUT2D eigenvalue weighted by atomic mass is 16.2. The summed E-state index contributed by atoms with van der Waals surface area (Å²) in [7, 11) is 3.76. The number of carbonyl (C=O) groups is 3. The summed E-state index contributed by atoms with van der Waals surface area (Å²) in [5, 5.41) is 0. The van der Waals surface area contributed by atoms with Gasteiger partial charge >= 0.3 is 0 Å². The monoisotopic (exact) mass is 367 g/mol. The van der Waals surface area contributed by atoms with Gasteiger partial charge in [-0.3, -0.25) is 25.2 Å². The molecule has 2 amide bonds. The molecule has 0 unspecified atom stereocenters. The summed E-state index contributed by atoms with van der Waals surface area (Å²) in [5.41, 5.74) is 7.79. The van der Waals surface area contributed by atoms with Crippen molar-refractivity contribution in [2.45, 2.75) is 26.2 Å². The number of carbonyl (C=O) groups excluding carboxylic acids is 3. The zero-order valence-corrected chi connectivity index (χ0v) is 15.9. The Morgan fingerprint density at radius 3 is 2.22 bits per heavy atom. The van der Waals surface area contributed by atoms with Gasteiger partial charge in [-0.15, -0.1) is 0 Å². The maximum Gasteiger partial charge on any atom is 0.269 e. The molecule has 2 aromatic carbocycles. The summed E-state index contributed by atoms with van der Waals surface area (Å²) in [5.74, 6) is -0.919. The molecule has 0 aliphatic rings. The number of hydrogen-bond donors (Lipinski definition) is 2. The first kappa shape index (κ1) is 20.2. The molecule has 142 valence electrons. The largest absolute Gasteiger partial charge is 0.378 e. The lowest BCUT2D eigenvalue weighted by molar-refractivity contribution is -0.121. The van der Waals surface area contributed by atoms with E-state index < -0.39 is 11.8 Å². The van der Waals surface area contributed by atoms with Crippen molar-refractivity contribution in [3.63, 3.8) is 0 Å². The number of aryl methyl sites for hydroxylation is 1. The van der Waals surface area contributed by atoms with Gasteiger partial charge in [0.05, 0.1) is 0 Å². The Labute approximate surface area is 159 Å². The van der Waals surface area contributed by atoms with Gasteiger partial charge in [0.1, 0.15) is 0 Å².